The molecule has 1 rings (SSSR count). The van der Waals surface area contributed by atoms with Crippen molar-refractivity contribution in [1.29, 1.82) is 0 Å². The molecule has 0 fully saturated rings. The minimum atomic E-state index is 0.424. The average molecular weight is 262 g/mol. The molecule has 0 amide bonds. The molecule has 1 heterocycles. The van der Waals surface area contributed by atoms with E-state index >= 15 is 0 Å². The van der Waals surface area contributed by atoms with E-state index in [0.29, 0.717) is 6.04 Å². The van der Waals surface area contributed by atoms with Gasteiger partial charge in [0.25, 0.3) is 0 Å². The molecule has 4 heteroatoms. The Morgan fingerprint density at radius 3 is 2.88 bits per heavy atom. The third-order valence-corrected chi connectivity index (χ3v) is 3.76. The van der Waals surface area contributed by atoms with Crippen molar-refractivity contribution in [3.8, 4) is 0 Å². The first-order chi connectivity index (χ1) is 7.77. The summed E-state index contributed by atoms with van der Waals surface area (Å²) in [4.78, 5) is 1.33. The third-order valence-electron chi connectivity index (χ3n) is 2.42. The number of halogens is 1. The Morgan fingerprint density at radius 1 is 1.50 bits per heavy atom. The van der Waals surface area contributed by atoms with Crippen LogP contribution in [0.4, 0.5) is 0 Å². The SMILES string of the molecule is CCCNC(CCCOC)c1ccc(Cl)s1. The molecular weight excluding hydrogens is 242 g/mol. The maximum atomic E-state index is 5.97. The van der Waals surface area contributed by atoms with E-state index in [1.165, 1.54) is 4.88 Å². The number of thiophene rings is 1. The van der Waals surface area contributed by atoms with Crippen molar-refractivity contribution in [2.24, 2.45) is 0 Å². The zero-order valence-corrected chi connectivity index (χ0v) is 11.5. The predicted molar refractivity (Wildman–Crippen MR) is 71.5 cm³/mol. The zero-order valence-electron chi connectivity index (χ0n) is 9.96. The molecule has 0 aliphatic heterocycles. The topological polar surface area (TPSA) is 21.3 Å². The maximum Gasteiger partial charge on any atom is 0.0931 e. The van der Waals surface area contributed by atoms with Crippen LogP contribution in [0.15, 0.2) is 12.1 Å². The number of methoxy groups -OCH3 is 1. The Morgan fingerprint density at radius 2 is 2.31 bits per heavy atom. The Kier molecular flexibility index (Phi) is 7.05. The van der Waals surface area contributed by atoms with Crippen LogP contribution in [0.25, 0.3) is 0 Å². The fourth-order valence-electron chi connectivity index (χ4n) is 1.61. The van der Waals surface area contributed by atoms with Crippen LogP contribution in [0.5, 0.6) is 0 Å². The first kappa shape index (κ1) is 14.0. The molecule has 0 aromatic carbocycles. The molecule has 0 aliphatic rings. The van der Waals surface area contributed by atoms with E-state index in [-0.39, 0.29) is 0 Å². The van der Waals surface area contributed by atoms with E-state index in [1.807, 2.05) is 6.07 Å². The summed E-state index contributed by atoms with van der Waals surface area (Å²) in [6.07, 6.45) is 3.33. The third kappa shape index (κ3) is 4.83. The summed E-state index contributed by atoms with van der Waals surface area (Å²) < 4.78 is 5.95. The van der Waals surface area contributed by atoms with Gasteiger partial charge >= 0.3 is 0 Å². The van der Waals surface area contributed by atoms with Gasteiger partial charge in [-0.15, -0.1) is 11.3 Å². The summed E-state index contributed by atoms with van der Waals surface area (Å²) in [7, 11) is 1.75. The molecule has 0 saturated heterocycles. The number of hydrogen-bond acceptors (Lipinski definition) is 3. The highest BCUT2D eigenvalue weighted by Crippen LogP contribution is 2.29. The summed E-state index contributed by atoms with van der Waals surface area (Å²) >= 11 is 7.63. The average Bonchev–Trinajstić information content (AvgIpc) is 2.70. The standard InChI is InChI=1S/C12H20ClNOS/c1-3-8-14-10(5-4-9-15-2)11-6-7-12(13)16-11/h6-7,10,14H,3-5,8-9H2,1-2H3. The molecule has 0 radical (unpaired) electrons. The van der Waals surface area contributed by atoms with Gasteiger partial charge in [0.2, 0.25) is 0 Å². The first-order valence-electron chi connectivity index (χ1n) is 5.75. The lowest BCUT2D eigenvalue weighted by Gasteiger charge is -2.16. The lowest BCUT2D eigenvalue weighted by atomic mass is 10.1. The van der Waals surface area contributed by atoms with Crippen LogP contribution in [0.2, 0.25) is 4.34 Å². The van der Waals surface area contributed by atoms with Gasteiger partial charge in [-0.2, -0.15) is 0 Å². The molecule has 0 saturated carbocycles. The van der Waals surface area contributed by atoms with Gasteiger partial charge in [-0.25, -0.2) is 0 Å². The number of hydrogen-bond donors (Lipinski definition) is 1. The van der Waals surface area contributed by atoms with Gasteiger partial charge in [0.15, 0.2) is 0 Å². The highest BCUT2D eigenvalue weighted by molar-refractivity contribution is 7.16. The lowest BCUT2D eigenvalue weighted by Crippen LogP contribution is -2.21. The van der Waals surface area contributed by atoms with Gasteiger partial charge in [0.1, 0.15) is 0 Å². The van der Waals surface area contributed by atoms with Gasteiger partial charge in [-0.3, -0.25) is 0 Å². The van der Waals surface area contributed by atoms with Crippen molar-refractivity contribution < 1.29 is 4.74 Å². The van der Waals surface area contributed by atoms with Gasteiger partial charge in [-0.05, 0) is 37.9 Å². The molecule has 0 bridgehead atoms. The molecule has 0 aliphatic carbocycles. The Balaban J connectivity index is 2.49. The molecule has 1 N–H and O–H groups in total. The molecule has 0 spiro atoms. The van der Waals surface area contributed by atoms with Crippen LogP contribution < -0.4 is 5.32 Å². The Labute approximate surface area is 107 Å². The van der Waals surface area contributed by atoms with E-state index in [0.717, 1.165) is 36.8 Å². The number of rotatable bonds is 8. The zero-order chi connectivity index (χ0) is 11.8. The largest absolute Gasteiger partial charge is 0.385 e. The van der Waals surface area contributed by atoms with Crippen LogP contribution in [-0.2, 0) is 4.74 Å². The van der Waals surface area contributed by atoms with Crippen LogP contribution in [0.3, 0.4) is 0 Å². The molecular formula is C12H20ClNOS. The smallest absolute Gasteiger partial charge is 0.0931 e. The normalized spacial score (nSPS) is 12.9. The maximum absolute atomic E-state index is 5.97. The van der Waals surface area contributed by atoms with Gasteiger partial charge < -0.3 is 10.1 Å². The van der Waals surface area contributed by atoms with Crippen molar-refractivity contribution in [3.05, 3.63) is 21.3 Å². The van der Waals surface area contributed by atoms with E-state index in [1.54, 1.807) is 18.4 Å². The van der Waals surface area contributed by atoms with E-state index < -0.39 is 0 Å². The highest BCUT2D eigenvalue weighted by Gasteiger charge is 2.12. The summed E-state index contributed by atoms with van der Waals surface area (Å²) in [5.41, 5.74) is 0. The molecule has 92 valence electrons. The van der Waals surface area contributed by atoms with Crippen molar-refractivity contribution in [2.45, 2.75) is 32.2 Å². The van der Waals surface area contributed by atoms with Crippen molar-refractivity contribution in [2.75, 3.05) is 20.3 Å². The molecule has 1 unspecified atom stereocenters. The molecule has 1 atom stereocenters. The van der Waals surface area contributed by atoms with Gasteiger partial charge in [-0.1, -0.05) is 18.5 Å². The van der Waals surface area contributed by atoms with Gasteiger partial charge in [0, 0.05) is 24.6 Å². The molecule has 1 aromatic rings. The van der Waals surface area contributed by atoms with Crippen molar-refractivity contribution in [1.82, 2.24) is 5.32 Å². The second-order valence-electron chi connectivity index (χ2n) is 3.78. The van der Waals surface area contributed by atoms with E-state index in [2.05, 4.69) is 18.3 Å². The minimum Gasteiger partial charge on any atom is -0.385 e. The number of nitrogens with one attached hydrogen (secondary N) is 1. The number of ether oxygens (including phenoxy) is 1. The van der Waals surface area contributed by atoms with E-state index in [4.69, 9.17) is 16.3 Å². The Hall–Kier alpha value is -0.0900. The minimum absolute atomic E-state index is 0.424. The van der Waals surface area contributed by atoms with Crippen LogP contribution in [0.1, 0.15) is 37.1 Å². The van der Waals surface area contributed by atoms with Gasteiger partial charge in [0.05, 0.1) is 4.34 Å². The Bertz CT molecular complexity index is 290. The predicted octanol–water partition coefficient (Wildman–Crippen LogP) is 3.87. The summed E-state index contributed by atoms with van der Waals surface area (Å²) in [6.45, 7) is 4.05. The second-order valence-corrected chi connectivity index (χ2v) is 5.53. The van der Waals surface area contributed by atoms with Crippen molar-refractivity contribution in [3.63, 3.8) is 0 Å². The molecule has 1 aromatic heterocycles. The lowest BCUT2D eigenvalue weighted by molar-refractivity contribution is 0.189. The quantitative estimate of drug-likeness (QED) is 0.718. The highest BCUT2D eigenvalue weighted by atomic mass is 35.5. The van der Waals surface area contributed by atoms with E-state index in [9.17, 15) is 0 Å². The fraction of sp³-hybridized carbons (Fsp3) is 0.667. The van der Waals surface area contributed by atoms with Crippen LogP contribution in [-0.4, -0.2) is 20.3 Å². The summed E-state index contributed by atoms with van der Waals surface area (Å²) in [5.74, 6) is 0. The molecule has 16 heavy (non-hydrogen) atoms. The molecule has 2 nitrogen and oxygen atoms in total. The summed E-state index contributed by atoms with van der Waals surface area (Å²) in [5, 5.41) is 3.55. The van der Waals surface area contributed by atoms with Crippen molar-refractivity contribution >= 4 is 22.9 Å². The second kappa shape index (κ2) is 8.07. The first-order valence-corrected chi connectivity index (χ1v) is 6.95. The van der Waals surface area contributed by atoms with Crippen LogP contribution in [0, 0.1) is 0 Å². The fourth-order valence-corrected chi connectivity index (χ4v) is 2.78. The van der Waals surface area contributed by atoms with Crippen LogP contribution >= 0.6 is 22.9 Å². The monoisotopic (exact) mass is 261 g/mol. The summed E-state index contributed by atoms with van der Waals surface area (Å²) in [6, 6.07) is 4.51.